The summed E-state index contributed by atoms with van der Waals surface area (Å²) in [7, 11) is 1.58. The SMILES string of the molecule is CN(C(=O)O)C1CCN(C(=O)c2ccc(-c3ccc4ncc(-c5ccc(C#N)cc5)n4c3)cc2)CC1. The van der Waals surface area contributed by atoms with E-state index in [1.165, 1.54) is 4.90 Å². The van der Waals surface area contributed by atoms with Gasteiger partial charge in [-0.15, -0.1) is 0 Å². The van der Waals surface area contributed by atoms with E-state index < -0.39 is 6.09 Å². The van der Waals surface area contributed by atoms with E-state index >= 15 is 0 Å². The standard InChI is InChI=1S/C28H25N5O3/c1-31(28(35)36)24-12-14-32(15-13-24)27(34)22-8-6-20(7-9-22)23-10-11-26-30-17-25(33(26)18-23)21-4-2-19(16-29)3-5-21/h2-11,17-18,24H,12-15H2,1H3,(H,35,36). The molecule has 0 radical (unpaired) electrons. The van der Waals surface area contributed by atoms with E-state index in [0.717, 1.165) is 28.0 Å². The maximum Gasteiger partial charge on any atom is 0.407 e. The molecular formula is C28H25N5O3. The minimum absolute atomic E-state index is 0.0360. The highest BCUT2D eigenvalue weighted by Crippen LogP contribution is 2.26. The zero-order chi connectivity index (χ0) is 25.2. The van der Waals surface area contributed by atoms with Gasteiger partial charge in [-0.2, -0.15) is 5.26 Å². The van der Waals surface area contributed by atoms with Crippen LogP contribution in [-0.2, 0) is 0 Å². The largest absolute Gasteiger partial charge is 0.465 e. The summed E-state index contributed by atoms with van der Waals surface area (Å²) in [4.78, 5) is 31.8. The molecule has 2 amide bonds. The molecule has 1 fully saturated rings. The number of rotatable bonds is 4. The van der Waals surface area contributed by atoms with E-state index in [-0.39, 0.29) is 11.9 Å². The third-order valence-corrected chi connectivity index (χ3v) is 6.88. The zero-order valence-electron chi connectivity index (χ0n) is 19.8. The highest BCUT2D eigenvalue weighted by atomic mass is 16.4. The Labute approximate surface area is 208 Å². The van der Waals surface area contributed by atoms with Gasteiger partial charge in [0.05, 0.1) is 23.5 Å². The molecule has 0 bridgehead atoms. The molecule has 5 rings (SSSR count). The molecule has 8 nitrogen and oxygen atoms in total. The maximum atomic E-state index is 13.0. The molecule has 1 saturated heterocycles. The first-order chi connectivity index (χ1) is 17.4. The summed E-state index contributed by atoms with van der Waals surface area (Å²) < 4.78 is 2.02. The van der Waals surface area contributed by atoms with Crippen molar-refractivity contribution in [3.05, 3.63) is 84.2 Å². The second-order valence-electron chi connectivity index (χ2n) is 8.97. The Morgan fingerprint density at radius 3 is 2.25 bits per heavy atom. The van der Waals surface area contributed by atoms with Crippen LogP contribution < -0.4 is 0 Å². The van der Waals surface area contributed by atoms with Crippen LogP contribution in [0.5, 0.6) is 0 Å². The van der Waals surface area contributed by atoms with Crippen molar-refractivity contribution in [1.29, 1.82) is 5.26 Å². The number of carbonyl (C=O) groups is 2. The van der Waals surface area contributed by atoms with Crippen LogP contribution in [0.1, 0.15) is 28.8 Å². The number of benzene rings is 2. The van der Waals surface area contributed by atoms with E-state index in [2.05, 4.69) is 11.1 Å². The lowest BCUT2D eigenvalue weighted by Crippen LogP contribution is -2.46. The summed E-state index contributed by atoms with van der Waals surface area (Å²) in [5, 5.41) is 18.2. The van der Waals surface area contributed by atoms with Gasteiger partial charge < -0.3 is 14.9 Å². The fourth-order valence-electron chi connectivity index (χ4n) is 4.68. The molecule has 8 heteroatoms. The summed E-state index contributed by atoms with van der Waals surface area (Å²) in [6.07, 6.45) is 4.18. The predicted molar refractivity (Wildman–Crippen MR) is 135 cm³/mol. The van der Waals surface area contributed by atoms with Gasteiger partial charge in [-0.05, 0) is 60.4 Å². The fraction of sp³-hybridized carbons (Fsp3) is 0.214. The Balaban J connectivity index is 1.33. The van der Waals surface area contributed by atoms with Gasteiger partial charge in [-0.3, -0.25) is 9.20 Å². The molecule has 3 heterocycles. The van der Waals surface area contributed by atoms with Crippen LogP contribution in [0.2, 0.25) is 0 Å². The summed E-state index contributed by atoms with van der Waals surface area (Å²) in [5.74, 6) is -0.0360. The number of carbonyl (C=O) groups excluding carboxylic acids is 1. The van der Waals surface area contributed by atoms with Crippen molar-refractivity contribution in [2.24, 2.45) is 0 Å². The van der Waals surface area contributed by atoms with E-state index in [0.29, 0.717) is 37.1 Å². The Morgan fingerprint density at radius 2 is 1.61 bits per heavy atom. The first-order valence-corrected chi connectivity index (χ1v) is 11.8. The van der Waals surface area contributed by atoms with Crippen molar-refractivity contribution in [2.45, 2.75) is 18.9 Å². The molecule has 0 atom stereocenters. The number of aromatic nitrogens is 2. The van der Waals surface area contributed by atoms with Crippen molar-refractivity contribution in [1.82, 2.24) is 19.2 Å². The van der Waals surface area contributed by atoms with Crippen LogP contribution in [0.4, 0.5) is 4.79 Å². The Hall–Kier alpha value is -4.64. The van der Waals surface area contributed by atoms with Gasteiger partial charge in [0.25, 0.3) is 5.91 Å². The molecule has 1 N–H and O–H groups in total. The first-order valence-electron chi connectivity index (χ1n) is 11.8. The normalized spacial score (nSPS) is 13.9. The molecule has 2 aromatic carbocycles. The Kier molecular flexibility index (Phi) is 6.13. The molecule has 4 aromatic rings. The molecule has 1 aliphatic heterocycles. The lowest BCUT2D eigenvalue weighted by molar-refractivity contribution is 0.0644. The summed E-state index contributed by atoms with van der Waals surface area (Å²) in [6.45, 7) is 1.08. The number of nitrogens with zero attached hydrogens (tertiary/aromatic N) is 5. The number of hydrogen-bond donors (Lipinski definition) is 1. The number of nitriles is 1. The lowest BCUT2D eigenvalue weighted by atomic mass is 10.0. The average Bonchev–Trinajstić information content (AvgIpc) is 3.36. The average molecular weight is 480 g/mol. The fourth-order valence-corrected chi connectivity index (χ4v) is 4.68. The quantitative estimate of drug-likeness (QED) is 0.455. The summed E-state index contributed by atoms with van der Waals surface area (Å²) in [6, 6.07) is 21.0. The number of imidazole rings is 1. The minimum atomic E-state index is -0.937. The zero-order valence-corrected chi connectivity index (χ0v) is 19.8. The van der Waals surface area contributed by atoms with Crippen LogP contribution in [0.15, 0.2) is 73.1 Å². The number of fused-ring (bicyclic) bond motifs is 1. The number of likely N-dealkylation sites (tertiary alicyclic amines) is 1. The molecule has 180 valence electrons. The number of pyridine rings is 1. The maximum absolute atomic E-state index is 13.0. The second-order valence-corrected chi connectivity index (χ2v) is 8.97. The van der Waals surface area contributed by atoms with E-state index in [4.69, 9.17) is 5.26 Å². The van der Waals surface area contributed by atoms with Crippen molar-refractivity contribution in [2.75, 3.05) is 20.1 Å². The lowest BCUT2D eigenvalue weighted by Gasteiger charge is -2.35. The topological polar surface area (TPSA) is 102 Å². The van der Waals surface area contributed by atoms with Gasteiger partial charge >= 0.3 is 6.09 Å². The van der Waals surface area contributed by atoms with Gasteiger partial charge in [0, 0.05) is 43.5 Å². The molecular weight excluding hydrogens is 454 g/mol. The highest BCUT2D eigenvalue weighted by Gasteiger charge is 2.27. The summed E-state index contributed by atoms with van der Waals surface area (Å²) >= 11 is 0. The monoisotopic (exact) mass is 479 g/mol. The number of hydrogen-bond acceptors (Lipinski definition) is 4. The van der Waals surface area contributed by atoms with E-state index in [1.54, 1.807) is 24.1 Å². The van der Waals surface area contributed by atoms with Crippen LogP contribution in [0, 0.1) is 11.3 Å². The molecule has 2 aromatic heterocycles. The third kappa shape index (κ3) is 4.39. The Morgan fingerprint density at radius 1 is 0.972 bits per heavy atom. The molecule has 0 unspecified atom stereocenters. The summed E-state index contributed by atoms with van der Waals surface area (Å²) in [5.41, 5.74) is 5.92. The van der Waals surface area contributed by atoms with Gasteiger partial charge in [-0.1, -0.05) is 24.3 Å². The number of amides is 2. The van der Waals surface area contributed by atoms with Gasteiger partial charge in [0.1, 0.15) is 5.65 Å². The molecule has 36 heavy (non-hydrogen) atoms. The van der Waals surface area contributed by atoms with Gasteiger partial charge in [0.2, 0.25) is 0 Å². The van der Waals surface area contributed by atoms with Crippen molar-refractivity contribution >= 4 is 17.6 Å². The first kappa shape index (κ1) is 23.1. The van der Waals surface area contributed by atoms with Crippen LogP contribution in [0.3, 0.4) is 0 Å². The van der Waals surface area contributed by atoms with Gasteiger partial charge in [-0.25, -0.2) is 9.78 Å². The third-order valence-electron chi connectivity index (χ3n) is 6.88. The smallest absolute Gasteiger partial charge is 0.407 e. The van der Waals surface area contributed by atoms with Crippen LogP contribution >= 0.6 is 0 Å². The molecule has 0 aliphatic carbocycles. The van der Waals surface area contributed by atoms with Crippen LogP contribution in [0.25, 0.3) is 28.0 Å². The van der Waals surface area contributed by atoms with Gasteiger partial charge in [0.15, 0.2) is 0 Å². The van der Waals surface area contributed by atoms with E-state index in [1.807, 2.05) is 65.3 Å². The Bertz CT molecular complexity index is 1460. The molecule has 0 spiro atoms. The second kappa shape index (κ2) is 9.55. The van der Waals surface area contributed by atoms with Crippen molar-refractivity contribution < 1.29 is 14.7 Å². The minimum Gasteiger partial charge on any atom is -0.465 e. The predicted octanol–water partition coefficient (Wildman–Crippen LogP) is 4.75. The molecule has 1 aliphatic rings. The van der Waals surface area contributed by atoms with Crippen LogP contribution in [-0.4, -0.2) is 62.5 Å². The number of carboxylic acid groups (broad SMARTS) is 1. The number of piperidine rings is 1. The molecule has 0 saturated carbocycles. The van der Waals surface area contributed by atoms with Crippen molar-refractivity contribution in [3.63, 3.8) is 0 Å². The van der Waals surface area contributed by atoms with E-state index in [9.17, 15) is 14.7 Å². The highest BCUT2D eigenvalue weighted by molar-refractivity contribution is 5.94. The van der Waals surface area contributed by atoms with Crippen molar-refractivity contribution in [3.8, 4) is 28.5 Å².